The van der Waals surface area contributed by atoms with E-state index in [-0.39, 0.29) is 17.9 Å². The normalized spacial score (nSPS) is 18.6. The van der Waals surface area contributed by atoms with Crippen molar-refractivity contribution in [3.05, 3.63) is 35.4 Å². The lowest BCUT2D eigenvalue weighted by atomic mass is 9.84. The van der Waals surface area contributed by atoms with E-state index in [4.69, 9.17) is 0 Å². The molecule has 4 nitrogen and oxygen atoms in total. The van der Waals surface area contributed by atoms with Crippen LogP contribution < -0.4 is 10.6 Å². The van der Waals surface area contributed by atoms with Gasteiger partial charge in [0.15, 0.2) is 0 Å². The average molecular weight is 347 g/mol. The number of carbonyl (C=O) groups is 1. The fourth-order valence-electron chi connectivity index (χ4n) is 3.48. The van der Waals surface area contributed by atoms with Gasteiger partial charge in [-0.05, 0) is 54.3 Å². The summed E-state index contributed by atoms with van der Waals surface area (Å²) < 4.78 is 0. The lowest BCUT2D eigenvalue weighted by molar-refractivity contribution is -0.122. The molecule has 25 heavy (non-hydrogen) atoms. The highest BCUT2D eigenvalue weighted by atomic mass is 16.3. The summed E-state index contributed by atoms with van der Waals surface area (Å²) in [6.07, 6.45) is 2.18. The molecule has 1 fully saturated rings. The molecule has 0 aliphatic carbocycles. The highest BCUT2D eigenvalue weighted by Gasteiger charge is 2.22. The smallest absolute Gasteiger partial charge is 0.220 e. The number of hydrogen-bond acceptors (Lipinski definition) is 3. The molecule has 0 radical (unpaired) electrons. The molecule has 1 aromatic carbocycles. The first-order valence-corrected chi connectivity index (χ1v) is 9.53. The molecule has 1 aliphatic heterocycles. The summed E-state index contributed by atoms with van der Waals surface area (Å²) in [5.41, 5.74) is 2.19. The maximum atomic E-state index is 12.2. The van der Waals surface area contributed by atoms with Crippen LogP contribution in [0.4, 0.5) is 0 Å². The van der Waals surface area contributed by atoms with E-state index in [2.05, 4.69) is 50.5 Å². The van der Waals surface area contributed by atoms with Crippen molar-refractivity contribution < 1.29 is 9.90 Å². The third kappa shape index (κ3) is 6.12. The molecular weight excluding hydrogens is 312 g/mol. The summed E-state index contributed by atoms with van der Waals surface area (Å²) in [5.74, 6) is 1.06. The predicted octanol–water partition coefficient (Wildman–Crippen LogP) is 3.16. The van der Waals surface area contributed by atoms with Crippen molar-refractivity contribution in [3.63, 3.8) is 0 Å². The maximum absolute atomic E-state index is 12.2. The van der Waals surface area contributed by atoms with Gasteiger partial charge in [0.2, 0.25) is 5.91 Å². The van der Waals surface area contributed by atoms with Crippen LogP contribution in [0.25, 0.3) is 0 Å². The number of nitrogens with one attached hydrogen (secondary N) is 2. The Labute approximate surface area is 152 Å². The average Bonchev–Trinajstić information content (AvgIpc) is 2.59. The number of rotatable bonds is 6. The van der Waals surface area contributed by atoms with Crippen LogP contribution in [-0.4, -0.2) is 30.6 Å². The van der Waals surface area contributed by atoms with Crippen molar-refractivity contribution in [1.29, 1.82) is 0 Å². The molecule has 4 heteroatoms. The third-order valence-electron chi connectivity index (χ3n) is 5.35. The lowest BCUT2D eigenvalue weighted by Gasteiger charge is -2.28. The summed E-state index contributed by atoms with van der Waals surface area (Å²) in [5, 5.41) is 16.6. The van der Waals surface area contributed by atoms with E-state index in [1.807, 2.05) is 12.1 Å². The van der Waals surface area contributed by atoms with Crippen LogP contribution in [0.5, 0.6) is 0 Å². The molecule has 1 saturated heterocycles. The van der Waals surface area contributed by atoms with Crippen LogP contribution in [0.15, 0.2) is 24.3 Å². The number of benzene rings is 1. The summed E-state index contributed by atoms with van der Waals surface area (Å²) in [6, 6.07) is 8.02. The fraction of sp³-hybridized carbons (Fsp3) is 0.667. The van der Waals surface area contributed by atoms with Crippen molar-refractivity contribution in [2.45, 2.75) is 58.5 Å². The minimum Gasteiger partial charge on any atom is -0.387 e. The molecule has 2 unspecified atom stereocenters. The molecular formula is C21H34N2O2. The van der Waals surface area contributed by atoms with E-state index in [1.54, 1.807) is 0 Å². The van der Waals surface area contributed by atoms with Crippen LogP contribution in [-0.2, 0) is 10.2 Å². The van der Waals surface area contributed by atoms with E-state index >= 15 is 0 Å². The van der Waals surface area contributed by atoms with Crippen LogP contribution in [0.3, 0.4) is 0 Å². The molecule has 3 N–H and O–H groups in total. The molecule has 1 amide bonds. The maximum Gasteiger partial charge on any atom is 0.220 e. The van der Waals surface area contributed by atoms with Gasteiger partial charge in [-0.3, -0.25) is 4.79 Å². The summed E-state index contributed by atoms with van der Waals surface area (Å²) >= 11 is 0. The minimum absolute atomic E-state index is 0.0383. The Hall–Kier alpha value is -1.39. The first-order chi connectivity index (χ1) is 11.8. The van der Waals surface area contributed by atoms with Crippen LogP contribution in [0, 0.1) is 11.8 Å². The Morgan fingerprint density at radius 2 is 1.84 bits per heavy atom. The van der Waals surface area contributed by atoms with Crippen molar-refractivity contribution in [2.75, 3.05) is 19.6 Å². The Bertz CT molecular complexity index is 542. The van der Waals surface area contributed by atoms with Crippen LogP contribution in [0.2, 0.25) is 0 Å². The molecule has 0 aromatic heterocycles. The number of piperidine rings is 1. The number of amides is 1. The summed E-state index contributed by atoms with van der Waals surface area (Å²) in [6.45, 7) is 11.1. The fourth-order valence-corrected chi connectivity index (χ4v) is 3.48. The Morgan fingerprint density at radius 3 is 2.40 bits per heavy atom. The Morgan fingerprint density at radius 1 is 1.24 bits per heavy atom. The second-order valence-electron chi connectivity index (χ2n) is 8.46. The largest absolute Gasteiger partial charge is 0.387 e. The molecule has 0 bridgehead atoms. The van der Waals surface area contributed by atoms with Gasteiger partial charge in [0, 0.05) is 13.0 Å². The molecule has 2 rings (SSSR count). The number of aliphatic hydroxyl groups excluding tert-OH is 1. The highest BCUT2D eigenvalue weighted by Crippen LogP contribution is 2.25. The lowest BCUT2D eigenvalue weighted by Crippen LogP contribution is -2.34. The second kappa shape index (κ2) is 8.81. The molecule has 1 aromatic rings. The van der Waals surface area contributed by atoms with Crippen molar-refractivity contribution in [1.82, 2.24) is 10.6 Å². The summed E-state index contributed by atoms with van der Waals surface area (Å²) in [7, 11) is 0. The molecule has 140 valence electrons. The van der Waals surface area contributed by atoms with Crippen molar-refractivity contribution in [2.24, 2.45) is 11.8 Å². The Balaban J connectivity index is 1.78. The van der Waals surface area contributed by atoms with Gasteiger partial charge in [-0.1, -0.05) is 52.0 Å². The topological polar surface area (TPSA) is 61.4 Å². The summed E-state index contributed by atoms with van der Waals surface area (Å²) in [4.78, 5) is 12.2. The van der Waals surface area contributed by atoms with Gasteiger partial charge in [0.25, 0.3) is 0 Å². The molecule has 1 heterocycles. The number of aliphatic hydroxyl groups is 1. The van der Waals surface area contributed by atoms with Gasteiger partial charge in [0.05, 0.1) is 6.10 Å². The standard InChI is InChI=1S/C21H34N2O2/c1-15(16-9-11-22-12-10-16)13-20(25)23-14-19(24)17-5-7-18(8-6-17)21(2,3)4/h5-8,15-16,19,22,24H,9-14H2,1-4H3,(H,23,25). The van der Waals surface area contributed by atoms with Gasteiger partial charge in [0.1, 0.15) is 0 Å². The molecule has 1 aliphatic rings. The van der Waals surface area contributed by atoms with Gasteiger partial charge >= 0.3 is 0 Å². The van der Waals surface area contributed by atoms with Gasteiger partial charge in [-0.25, -0.2) is 0 Å². The van der Waals surface area contributed by atoms with Crippen molar-refractivity contribution >= 4 is 5.91 Å². The second-order valence-corrected chi connectivity index (χ2v) is 8.46. The van der Waals surface area contributed by atoms with Gasteiger partial charge in [-0.15, -0.1) is 0 Å². The zero-order valence-corrected chi connectivity index (χ0v) is 16.1. The van der Waals surface area contributed by atoms with Gasteiger partial charge in [-0.2, -0.15) is 0 Å². The minimum atomic E-state index is -0.660. The van der Waals surface area contributed by atoms with E-state index in [0.29, 0.717) is 18.3 Å². The van der Waals surface area contributed by atoms with E-state index in [1.165, 1.54) is 5.56 Å². The van der Waals surface area contributed by atoms with Crippen LogP contribution in [0.1, 0.15) is 64.2 Å². The number of hydrogen-bond donors (Lipinski definition) is 3. The molecule has 0 saturated carbocycles. The van der Waals surface area contributed by atoms with E-state index in [0.717, 1.165) is 31.5 Å². The van der Waals surface area contributed by atoms with E-state index < -0.39 is 6.10 Å². The quantitative estimate of drug-likeness (QED) is 0.741. The SMILES string of the molecule is CC(CC(=O)NCC(O)c1ccc(C(C)(C)C)cc1)C1CCNCC1. The molecule has 2 atom stereocenters. The zero-order chi connectivity index (χ0) is 18.4. The predicted molar refractivity (Wildman–Crippen MR) is 102 cm³/mol. The highest BCUT2D eigenvalue weighted by molar-refractivity contribution is 5.76. The van der Waals surface area contributed by atoms with Gasteiger partial charge < -0.3 is 15.7 Å². The zero-order valence-electron chi connectivity index (χ0n) is 16.1. The Kier molecular flexibility index (Phi) is 7.03. The monoisotopic (exact) mass is 346 g/mol. The molecule has 0 spiro atoms. The van der Waals surface area contributed by atoms with Crippen LogP contribution >= 0.6 is 0 Å². The third-order valence-corrected chi connectivity index (χ3v) is 5.35. The number of carbonyl (C=O) groups excluding carboxylic acids is 1. The van der Waals surface area contributed by atoms with Crippen molar-refractivity contribution in [3.8, 4) is 0 Å². The first kappa shape index (κ1) is 19.9. The van der Waals surface area contributed by atoms with E-state index in [9.17, 15) is 9.90 Å². The first-order valence-electron chi connectivity index (χ1n) is 9.53.